The summed E-state index contributed by atoms with van der Waals surface area (Å²) in [6.45, 7) is 3.91. The molecular formula is C16H34O5. The molecule has 0 rings (SSSR count). The number of aliphatic hydroxyl groups is 2. The van der Waals surface area contributed by atoms with Crippen LogP contribution in [0.2, 0.25) is 0 Å². The van der Waals surface area contributed by atoms with Crippen LogP contribution in [0.1, 0.15) is 51.4 Å². The molecule has 0 spiro atoms. The second kappa shape index (κ2) is 19.8. The molecule has 0 aromatic rings. The van der Waals surface area contributed by atoms with Crippen molar-refractivity contribution in [3.8, 4) is 0 Å². The summed E-state index contributed by atoms with van der Waals surface area (Å²) in [4.78, 5) is 0. The van der Waals surface area contributed by atoms with Crippen LogP contribution in [0, 0.1) is 0 Å². The van der Waals surface area contributed by atoms with Gasteiger partial charge >= 0.3 is 0 Å². The number of aliphatic hydroxyl groups excluding tert-OH is 2. The molecule has 0 saturated carbocycles. The third-order valence-electron chi connectivity index (χ3n) is 3.18. The maximum atomic E-state index is 8.65. The van der Waals surface area contributed by atoms with Gasteiger partial charge in [-0.1, -0.05) is 38.5 Å². The number of hydrogen-bond acceptors (Lipinski definition) is 5. The summed E-state index contributed by atoms with van der Waals surface area (Å²) in [5.74, 6) is 0. The van der Waals surface area contributed by atoms with Gasteiger partial charge in [0.25, 0.3) is 0 Å². The first-order valence-electron chi connectivity index (χ1n) is 8.36. The van der Waals surface area contributed by atoms with Crippen LogP contribution in [0.15, 0.2) is 0 Å². The molecule has 0 aliphatic rings. The Morgan fingerprint density at radius 3 is 1.33 bits per heavy atom. The molecule has 0 aromatic heterocycles. The van der Waals surface area contributed by atoms with Gasteiger partial charge in [0.1, 0.15) is 0 Å². The Balaban J connectivity index is 2.90. The van der Waals surface area contributed by atoms with Gasteiger partial charge in [0, 0.05) is 13.2 Å². The molecular weight excluding hydrogens is 272 g/mol. The Hall–Kier alpha value is -0.200. The molecule has 5 heteroatoms. The van der Waals surface area contributed by atoms with Gasteiger partial charge in [0.05, 0.1) is 39.6 Å². The minimum absolute atomic E-state index is 0.0613. The molecule has 0 radical (unpaired) electrons. The minimum atomic E-state index is 0.0613. The summed E-state index contributed by atoms with van der Waals surface area (Å²) < 4.78 is 15.9. The van der Waals surface area contributed by atoms with E-state index in [-0.39, 0.29) is 6.61 Å². The molecule has 0 aliphatic heterocycles. The van der Waals surface area contributed by atoms with Gasteiger partial charge in [-0.3, -0.25) is 0 Å². The van der Waals surface area contributed by atoms with E-state index in [2.05, 4.69) is 0 Å². The maximum absolute atomic E-state index is 8.65. The van der Waals surface area contributed by atoms with Crippen molar-refractivity contribution in [1.82, 2.24) is 0 Å². The lowest BCUT2D eigenvalue weighted by molar-refractivity contribution is 0.00719. The van der Waals surface area contributed by atoms with Crippen molar-refractivity contribution in [1.29, 1.82) is 0 Å². The second-order valence-electron chi connectivity index (χ2n) is 5.11. The molecule has 2 N–H and O–H groups in total. The molecule has 0 unspecified atom stereocenters. The highest BCUT2D eigenvalue weighted by Crippen LogP contribution is 2.08. The van der Waals surface area contributed by atoms with Crippen LogP contribution in [0.3, 0.4) is 0 Å². The predicted octanol–water partition coefficient (Wildman–Crippen LogP) is 2.14. The average molecular weight is 306 g/mol. The SMILES string of the molecule is OCCCCCCCCCCOCCOCCOCCO. The Kier molecular flexibility index (Phi) is 19.6. The summed E-state index contributed by atoms with van der Waals surface area (Å²) in [5, 5.41) is 17.2. The fourth-order valence-electron chi connectivity index (χ4n) is 1.98. The van der Waals surface area contributed by atoms with E-state index >= 15 is 0 Å². The summed E-state index contributed by atoms with van der Waals surface area (Å²) in [7, 11) is 0. The largest absolute Gasteiger partial charge is 0.396 e. The first kappa shape index (κ1) is 20.8. The smallest absolute Gasteiger partial charge is 0.0701 e. The first-order valence-corrected chi connectivity index (χ1v) is 8.36. The van der Waals surface area contributed by atoms with Crippen LogP contribution < -0.4 is 0 Å². The summed E-state index contributed by atoms with van der Waals surface area (Å²) in [5.41, 5.74) is 0. The van der Waals surface area contributed by atoms with Gasteiger partial charge < -0.3 is 24.4 Å². The van der Waals surface area contributed by atoms with Crippen LogP contribution in [0.5, 0.6) is 0 Å². The van der Waals surface area contributed by atoms with Crippen molar-refractivity contribution in [3.63, 3.8) is 0 Å². The van der Waals surface area contributed by atoms with Crippen LogP contribution in [0.25, 0.3) is 0 Å². The van der Waals surface area contributed by atoms with Crippen molar-refractivity contribution < 1.29 is 24.4 Å². The van der Waals surface area contributed by atoms with Crippen LogP contribution in [0.4, 0.5) is 0 Å². The van der Waals surface area contributed by atoms with E-state index in [0.29, 0.717) is 39.6 Å². The third-order valence-corrected chi connectivity index (χ3v) is 3.18. The first-order chi connectivity index (χ1) is 10.4. The van der Waals surface area contributed by atoms with Gasteiger partial charge in [-0.2, -0.15) is 0 Å². The topological polar surface area (TPSA) is 68.2 Å². The highest BCUT2D eigenvalue weighted by Gasteiger charge is 1.94. The number of hydrogen-bond donors (Lipinski definition) is 2. The number of rotatable bonds is 18. The highest BCUT2D eigenvalue weighted by molar-refractivity contribution is 4.46. The van der Waals surface area contributed by atoms with Gasteiger partial charge in [0.2, 0.25) is 0 Å². The van der Waals surface area contributed by atoms with Crippen LogP contribution in [-0.2, 0) is 14.2 Å². The van der Waals surface area contributed by atoms with E-state index in [0.717, 1.165) is 25.9 Å². The van der Waals surface area contributed by atoms with Crippen molar-refractivity contribution >= 4 is 0 Å². The van der Waals surface area contributed by atoms with E-state index in [1.165, 1.54) is 32.1 Å². The van der Waals surface area contributed by atoms with Gasteiger partial charge in [-0.25, -0.2) is 0 Å². The van der Waals surface area contributed by atoms with Crippen LogP contribution in [-0.4, -0.2) is 63.1 Å². The fourth-order valence-corrected chi connectivity index (χ4v) is 1.98. The lowest BCUT2D eigenvalue weighted by Crippen LogP contribution is -2.11. The lowest BCUT2D eigenvalue weighted by atomic mass is 10.1. The molecule has 0 aliphatic carbocycles. The van der Waals surface area contributed by atoms with Crippen molar-refractivity contribution in [2.75, 3.05) is 52.9 Å². The van der Waals surface area contributed by atoms with E-state index in [9.17, 15) is 0 Å². The molecule has 21 heavy (non-hydrogen) atoms. The maximum Gasteiger partial charge on any atom is 0.0701 e. The van der Waals surface area contributed by atoms with E-state index in [4.69, 9.17) is 24.4 Å². The Morgan fingerprint density at radius 2 is 0.810 bits per heavy atom. The predicted molar refractivity (Wildman–Crippen MR) is 83.6 cm³/mol. The zero-order valence-electron chi connectivity index (χ0n) is 13.4. The Bertz CT molecular complexity index is 160. The van der Waals surface area contributed by atoms with Crippen LogP contribution >= 0.6 is 0 Å². The Labute approximate surface area is 129 Å². The van der Waals surface area contributed by atoms with Gasteiger partial charge in [-0.15, -0.1) is 0 Å². The number of ether oxygens (including phenoxy) is 3. The van der Waals surface area contributed by atoms with E-state index in [1.807, 2.05) is 0 Å². The minimum Gasteiger partial charge on any atom is -0.396 e. The van der Waals surface area contributed by atoms with E-state index in [1.54, 1.807) is 0 Å². The zero-order chi connectivity index (χ0) is 15.4. The summed E-state index contributed by atoms with van der Waals surface area (Å²) in [6.07, 6.45) is 9.56. The normalized spacial score (nSPS) is 11.1. The van der Waals surface area contributed by atoms with E-state index < -0.39 is 0 Å². The highest BCUT2D eigenvalue weighted by atomic mass is 16.5. The molecule has 128 valence electrons. The van der Waals surface area contributed by atoms with Crippen molar-refractivity contribution in [3.05, 3.63) is 0 Å². The third kappa shape index (κ3) is 19.8. The van der Waals surface area contributed by atoms with Crippen molar-refractivity contribution in [2.24, 2.45) is 0 Å². The molecule has 0 heterocycles. The second-order valence-corrected chi connectivity index (χ2v) is 5.11. The summed E-state index contributed by atoms with van der Waals surface area (Å²) in [6, 6.07) is 0. The molecule has 0 bridgehead atoms. The molecule has 5 nitrogen and oxygen atoms in total. The monoisotopic (exact) mass is 306 g/mol. The lowest BCUT2D eigenvalue weighted by Gasteiger charge is -2.06. The summed E-state index contributed by atoms with van der Waals surface area (Å²) >= 11 is 0. The zero-order valence-corrected chi connectivity index (χ0v) is 13.4. The molecule has 0 atom stereocenters. The quantitative estimate of drug-likeness (QED) is 0.380. The molecule has 0 aromatic carbocycles. The Morgan fingerprint density at radius 1 is 0.381 bits per heavy atom. The molecule has 0 amide bonds. The average Bonchev–Trinajstić information content (AvgIpc) is 2.50. The standard InChI is InChI=1S/C16H34O5/c17-9-7-5-3-1-2-4-6-8-11-19-13-15-21-16-14-20-12-10-18/h17-18H,1-16H2. The van der Waals surface area contributed by atoms with Gasteiger partial charge in [-0.05, 0) is 12.8 Å². The molecule has 0 saturated heterocycles. The molecule has 0 fully saturated rings. The fraction of sp³-hybridized carbons (Fsp3) is 1.00. The van der Waals surface area contributed by atoms with Gasteiger partial charge in [0.15, 0.2) is 0 Å². The van der Waals surface area contributed by atoms with Crippen molar-refractivity contribution in [2.45, 2.75) is 51.4 Å². The number of unbranched alkanes of at least 4 members (excludes halogenated alkanes) is 7.